The van der Waals surface area contributed by atoms with Gasteiger partial charge in [0.1, 0.15) is 5.82 Å². The maximum absolute atomic E-state index is 13.6. The third-order valence-electron chi connectivity index (χ3n) is 6.02. The zero-order chi connectivity index (χ0) is 23.9. The summed E-state index contributed by atoms with van der Waals surface area (Å²) < 4.78 is 53.0. The van der Waals surface area contributed by atoms with Crippen molar-refractivity contribution in [2.45, 2.75) is 18.0 Å². The van der Waals surface area contributed by atoms with Crippen LogP contribution in [0.2, 0.25) is 5.02 Å². The largest absolute Gasteiger partial charge is 0.493 e. The first-order chi connectivity index (χ1) is 15.7. The number of hydrogen-bond donors (Lipinski definition) is 0. The minimum Gasteiger partial charge on any atom is -0.493 e. The van der Waals surface area contributed by atoms with Gasteiger partial charge in [0.25, 0.3) is 5.91 Å². The molecular weight excluding hydrogens is 473 g/mol. The lowest BCUT2D eigenvalue weighted by Crippen LogP contribution is -2.47. The first kappa shape index (κ1) is 23.7. The number of hydrogen-bond acceptors (Lipinski definition) is 6. The number of halogens is 2. The van der Waals surface area contributed by atoms with E-state index in [0.717, 1.165) is 0 Å². The van der Waals surface area contributed by atoms with E-state index < -0.39 is 21.7 Å². The molecule has 0 bridgehead atoms. The average Bonchev–Trinajstić information content (AvgIpc) is 3.11. The Morgan fingerprint density at radius 1 is 1.09 bits per heavy atom. The lowest BCUT2D eigenvalue weighted by Gasteiger charge is -2.32. The number of sulfonamides is 1. The predicted octanol–water partition coefficient (Wildman–Crippen LogP) is 2.59. The lowest BCUT2D eigenvalue weighted by atomic mass is 10.1. The Kier molecular flexibility index (Phi) is 6.54. The van der Waals surface area contributed by atoms with Gasteiger partial charge in [0.05, 0.1) is 29.7 Å². The van der Waals surface area contributed by atoms with Crippen molar-refractivity contribution in [3.05, 3.63) is 51.8 Å². The lowest BCUT2D eigenvalue weighted by molar-refractivity contribution is 0.0763. The van der Waals surface area contributed by atoms with Crippen LogP contribution >= 0.6 is 11.6 Å². The van der Waals surface area contributed by atoms with Crippen molar-refractivity contribution in [1.82, 2.24) is 14.1 Å². The first-order valence-corrected chi connectivity index (χ1v) is 12.2. The van der Waals surface area contributed by atoms with Gasteiger partial charge in [0, 0.05) is 50.9 Å². The number of carbonyl (C=O) groups is 1. The molecule has 33 heavy (non-hydrogen) atoms. The number of piperazine rings is 1. The number of nitrogens with zero attached hydrogens (tertiary/aromatic N) is 3. The van der Waals surface area contributed by atoms with Crippen molar-refractivity contribution < 1.29 is 27.1 Å². The number of methoxy groups -OCH3 is 2. The molecule has 0 aromatic heterocycles. The van der Waals surface area contributed by atoms with Crippen molar-refractivity contribution in [1.29, 1.82) is 0 Å². The second-order valence-corrected chi connectivity index (χ2v) is 10.4. The highest BCUT2D eigenvalue weighted by atomic mass is 35.5. The molecular formula is C22H25ClFN3O5S. The summed E-state index contributed by atoms with van der Waals surface area (Å²) in [5, 5.41) is -0.0470. The molecule has 2 aliphatic rings. The van der Waals surface area contributed by atoms with Gasteiger partial charge in [0.15, 0.2) is 11.5 Å². The van der Waals surface area contributed by atoms with Gasteiger partial charge in [-0.15, -0.1) is 0 Å². The van der Waals surface area contributed by atoms with E-state index >= 15 is 0 Å². The highest BCUT2D eigenvalue weighted by Gasteiger charge is 2.40. The monoisotopic (exact) mass is 497 g/mol. The SMILES string of the molecule is COc1cc(S(=O)(=O)N2CCN(C)CC2)c2c(c1OC)C(=O)N(Cc1ccc(F)c(Cl)c1)C2. The number of likely N-dealkylation sites (N-methyl/N-ethyl adjacent to an activating group) is 1. The summed E-state index contributed by atoms with van der Waals surface area (Å²) >= 11 is 5.89. The minimum atomic E-state index is -3.88. The fourth-order valence-corrected chi connectivity index (χ4v) is 6.06. The van der Waals surface area contributed by atoms with Crippen molar-refractivity contribution in [2.75, 3.05) is 47.4 Å². The van der Waals surface area contributed by atoms with Gasteiger partial charge in [-0.2, -0.15) is 4.31 Å². The van der Waals surface area contributed by atoms with Gasteiger partial charge < -0.3 is 19.3 Å². The smallest absolute Gasteiger partial charge is 0.258 e. The van der Waals surface area contributed by atoms with E-state index in [0.29, 0.717) is 37.3 Å². The molecule has 178 valence electrons. The van der Waals surface area contributed by atoms with Crippen LogP contribution in [-0.2, 0) is 23.1 Å². The third kappa shape index (κ3) is 4.28. The van der Waals surface area contributed by atoms with Gasteiger partial charge in [-0.05, 0) is 24.7 Å². The summed E-state index contributed by atoms with van der Waals surface area (Å²) in [4.78, 5) is 16.9. The molecule has 2 aromatic carbocycles. The number of amides is 1. The molecule has 1 fully saturated rings. The summed E-state index contributed by atoms with van der Waals surface area (Å²) in [5.74, 6) is -0.585. The molecule has 0 spiro atoms. The molecule has 0 atom stereocenters. The predicted molar refractivity (Wildman–Crippen MR) is 121 cm³/mol. The summed E-state index contributed by atoms with van der Waals surface area (Å²) in [7, 11) is 0.864. The van der Waals surface area contributed by atoms with E-state index in [2.05, 4.69) is 4.90 Å². The van der Waals surface area contributed by atoms with E-state index in [1.54, 1.807) is 0 Å². The molecule has 0 N–H and O–H groups in total. The van der Waals surface area contributed by atoms with Gasteiger partial charge in [-0.1, -0.05) is 17.7 Å². The Labute approximate surface area is 197 Å². The number of rotatable bonds is 6. The van der Waals surface area contributed by atoms with E-state index in [9.17, 15) is 17.6 Å². The fourth-order valence-electron chi connectivity index (χ4n) is 4.20. The number of benzene rings is 2. The van der Waals surface area contributed by atoms with E-state index in [1.165, 1.54) is 47.7 Å². The second-order valence-electron chi connectivity index (χ2n) is 8.08. The normalized spacial score (nSPS) is 17.4. The quantitative estimate of drug-likeness (QED) is 0.610. The van der Waals surface area contributed by atoms with Crippen LogP contribution in [0.4, 0.5) is 4.39 Å². The molecule has 2 aromatic rings. The van der Waals surface area contributed by atoms with Gasteiger partial charge in [-0.3, -0.25) is 4.79 Å². The molecule has 1 amide bonds. The maximum atomic E-state index is 13.6. The Balaban J connectivity index is 1.76. The molecule has 0 saturated carbocycles. The Hall–Kier alpha value is -2.40. The van der Waals surface area contributed by atoms with Crippen LogP contribution < -0.4 is 9.47 Å². The van der Waals surface area contributed by atoms with Crippen molar-refractivity contribution in [2.24, 2.45) is 0 Å². The van der Waals surface area contributed by atoms with E-state index in [4.69, 9.17) is 21.1 Å². The summed E-state index contributed by atoms with van der Waals surface area (Å²) in [6, 6.07) is 5.65. The van der Waals surface area contributed by atoms with Crippen LogP contribution in [0.1, 0.15) is 21.5 Å². The van der Waals surface area contributed by atoms with Crippen LogP contribution in [-0.4, -0.2) is 75.9 Å². The molecule has 2 aliphatic heterocycles. The highest BCUT2D eigenvalue weighted by Crippen LogP contribution is 2.43. The molecule has 0 radical (unpaired) electrons. The second kappa shape index (κ2) is 9.09. The molecule has 1 saturated heterocycles. The van der Waals surface area contributed by atoms with Crippen LogP contribution in [0.5, 0.6) is 11.5 Å². The first-order valence-electron chi connectivity index (χ1n) is 10.4. The Morgan fingerprint density at radius 2 is 1.79 bits per heavy atom. The molecule has 8 nitrogen and oxygen atoms in total. The Morgan fingerprint density at radius 3 is 2.39 bits per heavy atom. The fraction of sp³-hybridized carbons (Fsp3) is 0.409. The van der Waals surface area contributed by atoms with E-state index in [-0.39, 0.29) is 40.1 Å². The molecule has 11 heteroatoms. The van der Waals surface area contributed by atoms with Gasteiger partial charge >= 0.3 is 0 Å². The molecule has 4 rings (SSSR count). The van der Waals surface area contributed by atoms with Crippen LogP contribution in [0.3, 0.4) is 0 Å². The zero-order valence-corrected chi connectivity index (χ0v) is 20.2. The standard InChI is InChI=1S/C22H25ClFN3O5S/c1-25-6-8-27(9-7-25)33(29,30)19-11-18(31-2)21(32-3)20-15(19)13-26(22(20)28)12-14-4-5-17(24)16(23)10-14/h4-5,10-11H,6-9,12-13H2,1-3H3. The Bertz CT molecular complexity index is 1200. The van der Waals surface area contributed by atoms with Crippen molar-refractivity contribution in [3.8, 4) is 11.5 Å². The number of carbonyl (C=O) groups excluding carboxylic acids is 1. The van der Waals surface area contributed by atoms with Crippen LogP contribution in [0.15, 0.2) is 29.2 Å². The minimum absolute atomic E-state index is 0.0349. The van der Waals surface area contributed by atoms with Gasteiger partial charge in [-0.25, -0.2) is 12.8 Å². The molecule has 0 unspecified atom stereocenters. The molecule has 2 heterocycles. The summed E-state index contributed by atoms with van der Waals surface area (Å²) in [6.45, 7) is 2.14. The van der Waals surface area contributed by atoms with Gasteiger partial charge in [0.2, 0.25) is 10.0 Å². The van der Waals surface area contributed by atoms with Crippen LogP contribution in [0.25, 0.3) is 0 Å². The third-order valence-corrected chi connectivity index (χ3v) is 8.28. The van der Waals surface area contributed by atoms with Crippen molar-refractivity contribution >= 4 is 27.5 Å². The molecule has 0 aliphatic carbocycles. The maximum Gasteiger partial charge on any atom is 0.258 e. The number of ether oxygens (including phenoxy) is 2. The van der Waals surface area contributed by atoms with E-state index in [1.807, 2.05) is 7.05 Å². The summed E-state index contributed by atoms with van der Waals surface area (Å²) in [5.41, 5.74) is 1.15. The summed E-state index contributed by atoms with van der Waals surface area (Å²) in [6.07, 6.45) is 0. The average molecular weight is 498 g/mol. The highest BCUT2D eigenvalue weighted by molar-refractivity contribution is 7.89. The number of fused-ring (bicyclic) bond motifs is 1. The topological polar surface area (TPSA) is 79.4 Å². The van der Waals surface area contributed by atoms with Crippen molar-refractivity contribution in [3.63, 3.8) is 0 Å². The zero-order valence-electron chi connectivity index (χ0n) is 18.6. The van der Waals surface area contributed by atoms with Crippen LogP contribution in [0, 0.1) is 5.82 Å².